The summed E-state index contributed by atoms with van der Waals surface area (Å²) in [5.41, 5.74) is 0.864. The first kappa shape index (κ1) is 24.2. The Kier molecular flexibility index (Phi) is 7.12. The van der Waals surface area contributed by atoms with Crippen LogP contribution in [0.1, 0.15) is 15.4 Å². The summed E-state index contributed by atoms with van der Waals surface area (Å²) in [6.45, 7) is 0.293. The summed E-state index contributed by atoms with van der Waals surface area (Å²) in [4.78, 5) is 28.6. The van der Waals surface area contributed by atoms with Crippen LogP contribution in [0.2, 0.25) is 0 Å². The molecular weight excluding hydrogens is 517 g/mol. The molecule has 8 nitrogen and oxygen atoms in total. The van der Waals surface area contributed by atoms with Crippen molar-refractivity contribution in [3.05, 3.63) is 87.6 Å². The van der Waals surface area contributed by atoms with E-state index < -0.39 is 5.50 Å². The van der Waals surface area contributed by atoms with E-state index in [1.165, 1.54) is 23.1 Å². The van der Waals surface area contributed by atoms with Gasteiger partial charge in [0, 0.05) is 5.69 Å². The quantitative estimate of drug-likeness (QED) is 0.295. The highest BCUT2D eigenvalue weighted by atomic mass is 32.2. The number of thioether (sulfide) groups is 1. The molecule has 5 rings (SSSR count). The number of benzene rings is 2. The van der Waals surface area contributed by atoms with Gasteiger partial charge in [-0.15, -0.1) is 11.8 Å². The van der Waals surface area contributed by atoms with Crippen molar-refractivity contribution in [3.63, 3.8) is 0 Å². The Bertz CT molecular complexity index is 1430. The first-order chi connectivity index (χ1) is 17.6. The number of carbonyl (C=O) groups excluding carboxylic acids is 2. The summed E-state index contributed by atoms with van der Waals surface area (Å²) in [6, 6.07) is 20.5. The normalized spacial score (nSPS) is 14.8. The van der Waals surface area contributed by atoms with Gasteiger partial charge in [0.25, 0.3) is 5.91 Å². The summed E-state index contributed by atoms with van der Waals surface area (Å²) in [6.07, 6.45) is 1.56. The Balaban J connectivity index is 1.47. The molecule has 0 bridgehead atoms. The lowest BCUT2D eigenvalue weighted by atomic mass is 10.2. The van der Waals surface area contributed by atoms with E-state index in [-0.39, 0.29) is 17.6 Å². The lowest BCUT2D eigenvalue weighted by molar-refractivity contribution is -0.118. The van der Waals surface area contributed by atoms with Crippen LogP contribution in [0.4, 0.5) is 11.5 Å². The van der Waals surface area contributed by atoms with E-state index in [4.69, 9.17) is 21.4 Å². The molecule has 11 heteroatoms. The highest BCUT2D eigenvalue weighted by Gasteiger charge is 2.38. The zero-order valence-corrected chi connectivity index (χ0v) is 21.6. The van der Waals surface area contributed by atoms with Crippen LogP contribution in [0.15, 0.2) is 77.4 Å². The lowest BCUT2D eigenvalue weighted by Gasteiger charge is -2.36. The molecule has 1 aliphatic rings. The minimum Gasteiger partial charge on any atom is -0.495 e. The third kappa shape index (κ3) is 4.77. The van der Waals surface area contributed by atoms with Crippen molar-refractivity contribution in [1.82, 2.24) is 9.88 Å². The number of methoxy groups -OCH3 is 1. The van der Waals surface area contributed by atoms with E-state index in [1.54, 1.807) is 36.5 Å². The number of rotatable bonds is 8. The maximum atomic E-state index is 13.9. The number of ether oxygens (including phenoxy) is 1. The number of hydrogen-bond acceptors (Lipinski definition) is 8. The molecule has 2 N–H and O–H groups in total. The van der Waals surface area contributed by atoms with Crippen molar-refractivity contribution in [2.75, 3.05) is 23.1 Å². The van der Waals surface area contributed by atoms with Crippen molar-refractivity contribution in [2.24, 2.45) is 0 Å². The van der Waals surface area contributed by atoms with Crippen molar-refractivity contribution >= 4 is 58.6 Å². The molecule has 0 saturated carbocycles. The molecule has 4 aromatic rings. The van der Waals surface area contributed by atoms with Crippen LogP contribution in [0, 0.1) is 3.95 Å². The summed E-state index contributed by atoms with van der Waals surface area (Å²) in [5.74, 6) is 1.55. The molecule has 1 atom stereocenters. The number of carbonyl (C=O) groups is 2. The maximum absolute atomic E-state index is 13.9. The van der Waals surface area contributed by atoms with Crippen LogP contribution in [0.3, 0.4) is 0 Å². The fourth-order valence-electron chi connectivity index (χ4n) is 3.84. The van der Waals surface area contributed by atoms with Gasteiger partial charge in [-0.2, -0.15) is 0 Å². The fraction of sp³-hybridized carbons (Fsp3) is 0.160. The van der Waals surface area contributed by atoms with Crippen LogP contribution in [0.25, 0.3) is 5.69 Å². The van der Waals surface area contributed by atoms with Gasteiger partial charge in [0.05, 0.1) is 31.4 Å². The second-order valence-corrected chi connectivity index (χ2v) is 10.4. The minimum absolute atomic E-state index is 0.114. The van der Waals surface area contributed by atoms with E-state index in [0.717, 1.165) is 5.69 Å². The SMILES string of the molecule is COc1ccccc1N1C(=O)c2sc(=S)n(-c3ccccc3)c2NC1SCC(=O)NCc1ccco1. The molecular formula is C25H22N4O4S3. The average molecular weight is 539 g/mol. The number of aromatic nitrogens is 1. The van der Waals surface area contributed by atoms with E-state index in [0.29, 0.717) is 38.4 Å². The molecule has 2 amide bonds. The van der Waals surface area contributed by atoms with E-state index in [2.05, 4.69) is 10.6 Å². The average Bonchev–Trinajstić information content (AvgIpc) is 3.54. The van der Waals surface area contributed by atoms with E-state index in [9.17, 15) is 9.59 Å². The van der Waals surface area contributed by atoms with Crippen LogP contribution in [-0.4, -0.2) is 34.7 Å². The molecule has 0 radical (unpaired) electrons. The molecule has 3 heterocycles. The van der Waals surface area contributed by atoms with Crippen LogP contribution < -0.4 is 20.3 Å². The van der Waals surface area contributed by atoms with Gasteiger partial charge < -0.3 is 19.8 Å². The molecule has 0 spiro atoms. The van der Waals surface area contributed by atoms with Crippen molar-refractivity contribution in [2.45, 2.75) is 12.0 Å². The third-order valence-corrected chi connectivity index (χ3v) is 7.92. The van der Waals surface area contributed by atoms with Gasteiger partial charge >= 0.3 is 0 Å². The molecule has 36 heavy (non-hydrogen) atoms. The maximum Gasteiger partial charge on any atom is 0.274 e. The Hall–Kier alpha value is -3.54. The van der Waals surface area contributed by atoms with Gasteiger partial charge in [0.15, 0.2) is 9.45 Å². The minimum atomic E-state index is -0.588. The molecule has 0 saturated heterocycles. The number of furan rings is 1. The summed E-state index contributed by atoms with van der Waals surface area (Å²) >= 11 is 8.19. The van der Waals surface area contributed by atoms with E-state index in [1.807, 2.05) is 53.1 Å². The standard InChI is InChI=1S/C25H22N4O4S3/c1-32-19-12-6-5-11-18(19)29-23(31)21-22(28(25(34)36-21)16-8-3-2-4-9-16)27-24(29)35-15-20(30)26-14-17-10-7-13-33-17/h2-13,24,27H,14-15H2,1H3,(H,26,30). The topological polar surface area (TPSA) is 88.7 Å². The van der Waals surface area contributed by atoms with Crippen molar-refractivity contribution < 1.29 is 18.7 Å². The van der Waals surface area contributed by atoms with Gasteiger partial charge in [0.2, 0.25) is 5.91 Å². The van der Waals surface area contributed by atoms with Gasteiger partial charge in [0.1, 0.15) is 22.2 Å². The monoisotopic (exact) mass is 538 g/mol. The predicted molar refractivity (Wildman–Crippen MR) is 145 cm³/mol. The second-order valence-electron chi connectivity index (χ2n) is 7.73. The Labute approximate surface area is 220 Å². The number of nitrogens with zero attached hydrogens (tertiary/aromatic N) is 2. The molecule has 0 aliphatic carbocycles. The molecule has 1 unspecified atom stereocenters. The number of fused-ring (bicyclic) bond motifs is 1. The number of thiazole rings is 1. The highest BCUT2D eigenvalue weighted by molar-refractivity contribution is 8.00. The Morgan fingerprint density at radius 1 is 1.17 bits per heavy atom. The Morgan fingerprint density at radius 2 is 1.94 bits per heavy atom. The van der Waals surface area contributed by atoms with Gasteiger partial charge in [-0.05, 0) is 48.6 Å². The molecule has 2 aromatic carbocycles. The zero-order valence-electron chi connectivity index (χ0n) is 19.2. The van der Waals surface area contributed by atoms with Gasteiger partial charge in [-0.3, -0.25) is 19.1 Å². The third-order valence-electron chi connectivity index (χ3n) is 5.49. The second kappa shape index (κ2) is 10.6. The molecule has 1 aliphatic heterocycles. The number of anilines is 2. The highest BCUT2D eigenvalue weighted by Crippen LogP contribution is 2.41. The van der Waals surface area contributed by atoms with Crippen LogP contribution >= 0.6 is 35.3 Å². The number of amides is 2. The number of hydrogen-bond donors (Lipinski definition) is 2. The fourth-order valence-corrected chi connectivity index (χ4v) is 6.15. The Morgan fingerprint density at radius 3 is 2.69 bits per heavy atom. The summed E-state index contributed by atoms with van der Waals surface area (Å²) in [7, 11) is 1.56. The lowest BCUT2D eigenvalue weighted by Crippen LogP contribution is -2.48. The molecule has 2 aromatic heterocycles. The van der Waals surface area contributed by atoms with E-state index >= 15 is 0 Å². The number of nitrogens with one attached hydrogen (secondary N) is 2. The van der Waals surface area contributed by atoms with Crippen molar-refractivity contribution in [3.8, 4) is 11.4 Å². The van der Waals surface area contributed by atoms with Crippen LogP contribution in [-0.2, 0) is 11.3 Å². The van der Waals surface area contributed by atoms with Crippen LogP contribution in [0.5, 0.6) is 5.75 Å². The first-order valence-electron chi connectivity index (χ1n) is 11.0. The zero-order chi connectivity index (χ0) is 25.1. The summed E-state index contributed by atoms with van der Waals surface area (Å²) in [5, 5.41) is 6.31. The first-order valence-corrected chi connectivity index (χ1v) is 13.3. The molecule has 0 fully saturated rings. The van der Waals surface area contributed by atoms with Gasteiger partial charge in [-0.25, -0.2) is 0 Å². The molecule has 184 valence electrons. The van der Waals surface area contributed by atoms with Gasteiger partial charge in [-0.1, -0.05) is 41.7 Å². The predicted octanol–water partition coefficient (Wildman–Crippen LogP) is 5.28. The number of para-hydroxylation sites is 3. The van der Waals surface area contributed by atoms with Crippen molar-refractivity contribution in [1.29, 1.82) is 0 Å². The summed E-state index contributed by atoms with van der Waals surface area (Å²) < 4.78 is 13.2. The largest absolute Gasteiger partial charge is 0.495 e. The smallest absolute Gasteiger partial charge is 0.274 e.